The van der Waals surface area contributed by atoms with Crippen LogP contribution < -0.4 is 10.2 Å². The van der Waals surface area contributed by atoms with Gasteiger partial charge >= 0.3 is 6.03 Å². The zero-order valence-electron chi connectivity index (χ0n) is 16.1. The third-order valence-electron chi connectivity index (χ3n) is 4.86. The molecule has 27 heavy (non-hydrogen) atoms. The van der Waals surface area contributed by atoms with Gasteiger partial charge in [-0.25, -0.2) is 4.79 Å². The molecule has 0 atom stereocenters. The first-order chi connectivity index (χ1) is 13.0. The highest BCUT2D eigenvalue weighted by atomic mass is 16.2. The number of nitrogens with zero attached hydrogens (tertiary/aromatic N) is 4. The highest BCUT2D eigenvalue weighted by Crippen LogP contribution is 2.21. The lowest BCUT2D eigenvalue weighted by Gasteiger charge is -2.36. The third-order valence-corrected chi connectivity index (χ3v) is 4.86. The number of aryl methyl sites for hydroxylation is 3. The summed E-state index contributed by atoms with van der Waals surface area (Å²) in [5.74, 6) is 0. The van der Waals surface area contributed by atoms with Crippen molar-refractivity contribution in [2.24, 2.45) is 0 Å². The molecule has 1 saturated heterocycles. The van der Waals surface area contributed by atoms with Crippen LogP contribution in [0.3, 0.4) is 0 Å². The lowest BCUT2D eigenvalue weighted by molar-refractivity contribution is 0.208. The van der Waals surface area contributed by atoms with Gasteiger partial charge in [0.15, 0.2) is 0 Å². The van der Waals surface area contributed by atoms with Crippen molar-refractivity contribution >= 4 is 17.4 Å². The minimum atomic E-state index is -0.0869. The van der Waals surface area contributed by atoms with Crippen LogP contribution in [0.1, 0.15) is 29.4 Å². The molecule has 1 N–H and O–H groups in total. The highest BCUT2D eigenvalue weighted by Gasteiger charge is 2.22. The molecule has 2 amide bonds. The van der Waals surface area contributed by atoms with Crippen molar-refractivity contribution in [3.63, 3.8) is 0 Å². The Morgan fingerprint density at radius 2 is 1.81 bits per heavy atom. The van der Waals surface area contributed by atoms with E-state index in [-0.39, 0.29) is 6.03 Å². The Labute approximate surface area is 160 Å². The van der Waals surface area contributed by atoms with E-state index in [4.69, 9.17) is 5.26 Å². The van der Waals surface area contributed by atoms with Gasteiger partial charge in [0.1, 0.15) is 0 Å². The molecule has 1 aliphatic heterocycles. The Kier molecular flexibility index (Phi) is 5.60. The number of hydrogen-bond acceptors (Lipinski definition) is 4. The van der Waals surface area contributed by atoms with Gasteiger partial charge in [-0.1, -0.05) is 6.92 Å². The lowest BCUT2D eigenvalue weighted by atomic mass is 10.1. The summed E-state index contributed by atoms with van der Waals surface area (Å²) in [6.45, 7) is 8.96. The first kappa shape index (κ1) is 18.7. The summed E-state index contributed by atoms with van der Waals surface area (Å²) in [4.78, 5) is 21.2. The van der Waals surface area contributed by atoms with Crippen molar-refractivity contribution in [1.82, 2.24) is 9.88 Å². The molecule has 6 heteroatoms. The van der Waals surface area contributed by atoms with Crippen molar-refractivity contribution < 1.29 is 4.79 Å². The number of benzene rings is 1. The summed E-state index contributed by atoms with van der Waals surface area (Å²) in [6.07, 6.45) is 0.764. The van der Waals surface area contributed by atoms with E-state index in [0.29, 0.717) is 18.7 Å². The summed E-state index contributed by atoms with van der Waals surface area (Å²) < 4.78 is 0. The predicted molar refractivity (Wildman–Crippen MR) is 107 cm³/mol. The molecule has 0 unspecified atom stereocenters. The number of nitrogens with one attached hydrogen (secondary N) is 1. The van der Waals surface area contributed by atoms with Crippen molar-refractivity contribution in [3.05, 3.63) is 52.8 Å². The van der Waals surface area contributed by atoms with Crippen molar-refractivity contribution in [2.45, 2.75) is 27.2 Å². The van der Waals surface area contributed by atoms with E-state index in [0.717, 1.165) is 42.1 Å². The smallest absolute Gasteiger partial charge is 0.321 e. The van der Waals surface area contributed by atoms with Crippen LogP contribution in [0.5, 0.6) is 0 Å². The fourth-order valence-corrected chi connectivity index (χ4v) is 3.43. The molecule has 0 radical (unpaired) electrons. The van der Waals surface area contributed by atoms with E-state index < -0.39 is 0 Å². The van der Waals surface area contributed by atoms with Crippen molar-refractivity contribution in [2.75, 3.05) is 36.4 Å². The average Bonchev–Trinajstić information content (AvgIpc) is 2.67. The normalized spacial score (nSPS) is 14.0. The van der Waals surface area contributed by atoms with Gasteiger partial charge in [0.05, 0.1) is 11.6 Å². The molecule has 1 aromatic carbocycles. The van der Waals surface area contributed by atoms with Gasteiger partial charge in [0.2, 0.25) is 0 Å². The van der Waals surface area contributed by atoms with E-state index in [9.17, 15) is 4.79 Å². The van der Waals surface area contributed by atoms with E-state index in [2.05, 4.69) is 33.4 Å². The number of amides is 2. The van der Waals surface area contributed by atoms with Crippen LogP contribution in [0.15, 0.2) is 30.3 Å². The molecule has 2 aromatic rings. The summed E-state index contributed by atoms with van der Waals surface area (Å²) in [5.41, 5.74) is 5.56. The topological polar surface area (TPSA) is 72.3 Å². The van der Waals surface area contributed by atoms with Gasteiger partial charge in [-0.15, -0.1) is 0 Å². The quantitative estimate of drug-likeness (QED) is 0.906. The highest BCUT2D eigenvalue weighted by molar-refractivity contribution is 5.90. The monoisotopic (exact) mass is 363 g/mol. The number of rotatable bonds is 3. The first-order valence-electron chi connectivity index (χ1n) is 9.29. The number of carbonyl (C=O) groups excluding carboxylic acids is 1. The van der Waals surface area contributed by atoms with Crippen molar-refractivity contribution in [1.29, 1.82) is 5.26 Å². The summed E-state index contributed by atoms with van der Waals surface area (Å²) in [6, 6.07) is 11.6. The lowest BCUT2D eigenvalue weighted by Crippen LogP contribution is -2.50. The Morgan fingerprint density at radius 1 is 1.15 bits per heavy atom. The number of aromatic nitrogens is 1. The number of urea groups is 1. The molecule has 6 nitrogen and oxygen atoms in total. The number of nitriles is 1. The minimum Gasteiger partial charge on any atom is -0.368 e. The predicted octanol–water partition coefficient (Wildman–Crippen LogP) is 3.49. The molecule has 1 aromatic heterocycles. The Morgan fingerprint density at radius 3 is 2.41 bits per heavy atom. The van der Waals surface area contributed by atoms with Crippen LogP contribution in [-0.2, 0) is 6.42 Å². The summed E-state index contributed by atoms with van der Waals surface area (Å²) in [7, 11) is 0. The third kappa shape index (κ3) is 4.37. The molecule has 0 bridgehead atoms. The van der Waals surface area contributed by atoms with E-state index >= 15 is 0 Å². The van der Waals surface area contributed by atoms with Gasteiger partial charge < -0.3 is 15.1 Å². The maximum Gasteiger partial charge on any atom is 0.321 e. The van der Waals surface area contributed by atoms with E-state index in [1.807, 2.05) is 37.8 Å². The minimum absolute atomic E-state index is 0.0869. The number of pyridine rings is 1. The largest absolute Gasteiger partial charge is 0.368 e. The number of piperazine rings is 1. The zero-order chi connectivity index (χ0) is 19.4. The Bertz CT molecular complexity index is 858. The van der Waals surface area contributed by atoms with Gasteiger partial charge in [-0.2, -0.15) is 5.26 Å². The van der Waals surface area contributed by atoms with Crippen LogP contribution in [0.25, 0.3) is 0 Å². The zero-order valence-corrected chi connectivity index (χ0v) is 16.1. The average molecular weight is 363 g/mol. The molecular formula is C21H25N5O. The second-order valence-corrected chi connectivity index (χ2v) is 6.85. The van der Waals surface area contributed by atoms with Crippen molar-refractivity contribution in [3.8, 4) is 6.07 Å². The fraction of sp³-hybridized carbons (Fsp3) is 0.381. The molecule has 0 saturated carbocycles. The second-order valence-electron chi connectivity index (χ2n) is 6.85. The van der Waals surface area contributed by atoms with Crippen LogP contribution in [0.4, 0.5) is 16.2 Å². The Hall–Kier alpha value is -3.07. The van der Waals surface area contributed by atoms with Crippen LogP contribution in [0, 0.1) is 25.2 Å². The standard InChI is InChI=1S/C21H25N5O/c1-4-18-13-17(14-22)5-6-20(18)24-21(27)26-9-7-25(8-10-26)19-11-15(2)23-16(3)12-19/h5-6,11-13H,4,7-10H2,1-3H3,(H,24,27). The number of carbonyl (C=O) groups is 1. The van der Waals surface area contributed by atoms with Crippen LogP contribution in [-0.4, -0.2) is 42.1 Å². The second kappa shape index (κ2) is 8.09. The summed E-state index contributed by atoms with van der Waals surface area (Å²) in [5, 5.41) is 12.0. The molecule has 0 aliphatic carbocycles. The van der Waals surface area contributed by atoms with Gasteiger partial charge in [0, 0.05) is 48.9 Å². The maximum atomic E-state index is 12.7. The molecular weight excluding hydrogens is 338 g/mol. The van der Waals surface area contributed by atoms with E-state index in [1.54, 1.807) is 6.07 Å². The first-order valence-corrected chi connectivity index (χ1v) is 9.29. The molecule has 1 aliphatic rings. The molecule has 0 spiro atoms. The number of hydrogen-bond donors (Lipinski definition) is 1. The SMILES string of the molecule is CCc1cc(C#N)ccc1NC(=O)N1CCN(c2cc(C)nc(C)c2)CC1. The maximum absolute atomic E-state index is 12.7. The van der Waals surface area contributed by atoms with Crippen LogP contribution in [0.2, 0.25) is 0 Å². The Balaban J connectivity index is 1.63. The molecule has 2 heterocycles. The van der Waals surface area contributed by atoms with E-state index in [1.165, 1.54) is 5.69 Å². The molecule has 1 fully saturated rings. The molecule has 140 valence electrons. The summed E-state index contributed by atoms with van der Waals surface area (Å²) >= 11 is 0. The van der Waals surface area contributed by atoms with Gasteiger partial charge in [-0.05, 0) is 56.2 Å². The number of anilines is 2. The van der Waals surface area contributed by atoms with Gasteiger partial charge in [0.25, 0.3) is 0 Å². The van der Waals surface area contributed by atoms with Crippen LogP contribution >= 0.6 is 0 Å². The molecule has 3 rings (SSSR count). The van der Waals surface area contributed by atoms with Gasteiger partial charge in [-0.3, -0.25) is 4.98 Å². The fourth-order valence-electron chi connectivity index (χ4n) is 3.43.